The average Bonchev–Trinajstić information content (AvgIpc) is 2.39. The summed E-state index contributed by atoms with van der Waals surface area (Å²) in [5, 5.41) is 21.5. The molecule has 1 atom stereocenters. The lowest BCUT2D eigenvalue weighted by Gasteiger charge is -2.20. The molecule has 0 saturated carbocycles. The fourth-order valence-electron chi connectivity index (χ4n) is 2.29. The monoisotopic (exact) mass is 273 g/mol. The molecular weight excluding hydrogens is 254 g/mol. The molecule has 0 spiro atoms. The van der Waals surface area contributed by atoms with Gasteiger partial charge in [0.25, 0.3) is 0 Å². The highest BCUT2D eigenvalue weighted by Crippen LogP contribution is 2.22. The van der Waals surface area contributed by atoms with Gasteiger partial charge >= 0.3 is 5.97 Å². The number of rotatable bonds is 5. The summed E-state index contributed by atoms with van der Waals surface area (Å²) in [7, 11) is 0. The molecule has 106 valence electrons. The molecule has 3 N–H and O–H groups in total. The summed E-state index contributed by atoms with van der Waals surface area (Å²) in [4.78, 5) is 10.7. The Hall–Kier alpha value is -2.23. The van der Waals surface area contributed by atoms with Crippen LogP contribution in [-0.2, 0) is 4.79 Å². The van der Waals surface area contributed by atoms with Crippen molar-refractivity contribution in [1.29, 1.82) is 0 Å². The molecule has 2 rings (SSSR count). The van der Waals surface area contributed by atoms with Crippen LogP contribution in [0.1, 0.15) is 37.8 Å². The van der Waals surface area contributed by atoms with E-state index in [1.807, 2.05) is 25.1 Å². The minimum absolute atomic E-state index is 0.0993. The Morgan fingerprint density at radius 3 is 2.70 bits per heavy atom. The zero-order chi connectivity index (χ0) is 14.5. The van der Waals surface area contributed by atoms with Gasteiger partial charge in [-0.1, -0.05) is 23.8 Å². The van der Waals surface area contributed by atoms with Gasteiger partial charge in [0, 0.05) is 11.7 Å². The molecule has 20 heavy (non-hydrogen) atoms. The van der Waals surface area contributed by atoms with Gasteiger partial charge < -0.3 is 15.5 Å². The van der Waals surface area contributed by atoms with Crippen LogP contribution in [0, 0.1) is 0 Å². The second-order valence-electron chi connectivity index (χ2n) is 5.03. The Kier molecular flexibility index (Phi) is 4.45. The minimum Gasteiger partial charge on any atom is -0.508 e. The van der Waals surface area contributed by atoms with Crippen LogP contribution in [0.3, 0.4) is 0 Å². The summed E-state index contributed by atoms with van der Waals surface area (Å²) in [5.74, 6) is -0.537. The zero-order valence-corrected chi connectivity index (χ0v) is 11.5. The van der Waals surface area contributed by atoms with E-state index in [4.69, 9.17) is 5.11 Å². The zero-order valence-electron chi connectivity index (χ0n) is 11.5. The van der Waals surface area contributed by atoms with Crippen LogP contribution in [-0.4, -0.2) is 16.2 Å². The number of carboxylic acids is 1. The van der Waals surface area contributed by atoms with Crippen molar-refractivity contribution in [2.75, 3.05) is 0 Å². The average molecular weight is 273 g/mol. The maximum absolute atomic E-state index is 10.7. The van der Waals surface area contributed by atoms with E-state index in [2.05, 4.69) is 11.4 Å². The van der Waals surface area contributed by atoms with Crippen molar-refractivity contribution in [3.63, 3.8) is 0 Å². The molecule has 0 radical (unpaired) electrons. The highest BCUT2D eigenvalue weighted by molar-refractivity contribution is 5.70. The lowest BCUT2D eigenvalue weighted by atomic mass is 9.99. The summed E-state index contributed by atoms with van der Waals surface area (Å²) in [6.07, 6.45) is 5.79. The van der Waals surface area contributed by atoms with Crippen LogP contribution < -0.4 is 5.32 Å². The second-order valence-corrected chi connectivity index (χ2v) is 5.03. The number of carboxylic acid groups (broad SMARTS) is 1. The van der Waals surface area contributed by atoms with Crippen LogP contribution >= 0.6 is 0 Å². The number of allylic oxidation sites excluding steroid dienone is 2. The number of phenols is 1. The molecule has 0 aliphatic heterocycles. The topological polar surface area (TPSA) is 69.6 Å². The van der Waals surface area contributed by atoms with E-state index in [9.17, 15) is 9.90 Å². The van der Waals surface area contributed by atoms with Gasteiger partial charge in [-0.05, 0) is 43.5 Å². The Morgan fingerprint density at radius 2 is 2.05 bits per heavy atom. The highest BCUT2D eigenvalue weighted by atomic mass is 16.4. The lowest BCUT2D eigenvalue weighted by Crippen LogP contribution is -2.18. The number of hydrogen-bond donors (Lipinski definition) is 3. The summed E-state index contributed by atoms with van der Waals surface area (Å²) in [6, 6.07) is 7.17. The first-order valence-corrected chi connectivity index (χ1v) is 6.71. The second kappa shape index (κ2) is 6.28. The number of carbonyl (C=O) groups is 1. The van der Waals surface area contributed by atoms with Crippen molar-refractivity contribution in [2.24, 2.45) is 0 Å². The predicted molar refractivity (Wildman–Crippen MR) is 77.3 cm³/mol. The van der Waals surface area contributed by atoms with Gasteiger partial charge in [-0.15, -0.1) is 0 Å². The molecule has 1 aliphatic rings. The molecule has 1 aromatic carbocycles. The molecule has 1 aliphatic carbocycles. The SMILES string of the molecule is CC(NC1=CCCC(CC(=O)O)=C1)c1ccc(O)cc1. The quantitative estimate of drug-likeness (QED) is 0.771. The van der Waals surface area contributed by atoms with E-state index in [0.717, 1.165) is 29.7 Å². The molecular formula is C16H19NO3. The maximum atomic E-state index is 10.7. The number of phenolic OH excluding ortho intramolecular Hbond substituents is 1. The van der Waals surface area contributed by atoms with E-state index in [-0.39, 0.29) is 18.2 Å². The Morgan fingerprint density at radius 1 is 1.35 bits per heavy atom. The van der Waals surface area contributed by atoms with Gasteiger partial charge in [-0.25, -0.2) is 0 Å². The van der Waals surface area contributed by atoms with Gasteiger partial charge in [0.2, 0.25) is 0 Å². The summed E-state index contributed by atoms with van der Waals surface area (Å²) in [5.41, 5.74) is 2.98. The van der Waals surface area contributed by atoms with Crippen molar-refractivity contribution in [1.82, 2.24) is 5.32 Å². The normalized spacial score (nSPS) is 16.1. The van der Waals surface area contributed by atoms with Gasteiger partial charge in [-0.2, -0.15) is 0 Å². The lowest BCUT2D eigenvalue weighted by molar-refractivity contribution is -0.136. The molecule has 0 saturated heterocycles. The van der Waals surface area contributed by atoms with Gasteiger partial charge in [0.05, 0.1) is 6.42 Å². The fraction of sp³-hybridized carbons (Fsp3) is 0.312. The van der Waals surface area contributed by atoms with E-state index in [0.29, 0.717) is 0 Å². The smallest absolute Gasteiger partial charge is 0.307 e. The largest absolute Gasteiger partial charge is 0.508 e. The standard InChI is InChI=1S/C16H19NO3/c1-11(13-5-7-15(18)8-6-13)17-14-4-2-3-12(9-14)10-16(19)20/h4-9,11,17-18H,2-3,10H2,1H3,(H,19,20). The van der Waals surface area contributed by atoms with Crippen LogP contribution in [0.2, 0.25) is 0 Å². The number of aliphatic carboxylic acids is 1. The van der Waals surface area contributed by atoms with Crippen LogP contribution in [0.4, 0.5) is 0 Å². The van der Waals surface area contributed by atoms with E-state index >= 15 is 0 Å². The summed E-state index contributed by atoms with van der Waals surface area (Å²) in [6.45, 7) is 2.03. The Bertz CT molecular complexity index is 543. The minimum atomic E-state index is -0.788. The van der Waals surface area contributed by atoms with Crippen molar-refractivity contribution < 1.29 is 15.0 Å². The first-order valence-electron chi connectivity index (χ1n) is 6.71. The molecule has 0 bridgehead atoms. The van der Waals surface area contributed by atoms with Crippen molar-refractivity contribution in [3.8, 4) is 5.75 Å². The molecule has 0 aromatic heterocycles. The van der Waals surface area contributed by atoms with E-state index < -0.39 is 5.97 Å². The van der Waals surface area contributed by atoms with Gasteiger partial charge in [0.1, 0.15) is 5.75 Å². The number of nitrogens with one attached hydrogen (secondary N) is 1. The molecule has 4 nitrogen and oxygen atoms in total. The van der Waals surface area contributed by atoms with E-state index in [1.165, 1.54) is 0 Å². The molecule has 1 aromatic rings. The van der Waals surface area contributed by atoms with Crippen LogP contribution in [0.15, 0.2) is 47.7 Å². The first-order chi connectivity index (χ1) is 9.54. The highest BCUT2D eigenvalue weighted by Gasteiger charge is 2.11. The van der Waals surface area contributed by atoms with Gasteiger partial charge in [-0.3, -0.25) is 4.79 Å². The number of benzene rings is 1. The number of aromatic hydroxyl groups is 1. The van der Waals surface area contributed by atoms with Gasteiger partial charge in [0.15, 0.2) is 0 Å². The molecule has 4 heteroatoms. The third-order valence-corrected chi connectivity index (χ3v) is 3.34. The third-order valence-electron chi connectivity index (χ3n) is 3.34. The Labute approximate surface area is 118 Å². The predicted octanol–water partition coefficient (Wildman–Crippen LogP) is 3.12. The number of hydrogen-bond acceptors (Lipinski definition) is 3. The summed E-state index contributed by atoms with van der Waals surface area (Å²) < 4.78 is 0. The molecule has 0 fully saturated rings. The first kappa shape index (κ1) is 14.2. The molecule has 0 heterocycles. The van der Waals surface area contributed by atoms with Crippen LogP contribution in [0.5, 0.6) is 5.75 Å². The van der Waals surface area contributed by atoms with Crippen molar-refractivity contribution in [2.45, 2.75) is 32.2 Å². The maximum Gasteiger partial charge on any atom is 0.307 e. The molecule has 1 unspecified atom stereocenters. The molecule has 0 amide bonds. The summed E-state index contributed by atoms with van der Waals surface area (Å²) >= 11 is 0. The fourth-order valence-corrected chi connectivity index (χ4v) is 2.29. The Balaban J connectivity index is 2.02. The van der Waals surface area contributed by atoms with Crippen molar-refractivity contribution in [3.05, 3.63) is 53.3 Å². The van der Waals surface area contributed by atoms with Crippen molar-refractivity contribution >= 4 is 5.97 Å². The van der Waals surface area contributed by atoms with E-state index in [1.54, 1.807) is 12.1 Å². The van der Waals surface area contributed by atoms with Crippen LogP contribution in [0.25, 0.3) is 0 Å². The third kappa shape index (κ3) is 3.88.